The molecule has 1 N–H and O–H groups in total. The van der Waals surface area contributed by atoms with Gasteiger partial charge in [0.2, 0.25) is 0 Å². The minimum Gasteiger partial charge on any atom is -0.361 e. The van der Waals surface area contributed by atoms with Crippen LogP contribution in [0.1, 0.15) is 5.56 Å². The summed E-state index contributed by atoms with van der Waals surface area (Å²) in [7, 11) is 0. The fourth-order valence-corrected chi connectivity index (χ4v) is 1.16. The Morgan fingerprint density at radius 2 is 2.00 bits per heavy atom. The molecule has 1 radical (unpaired) electrons. The number of rotatable bonds is 0. The number of fused-ring (bicyclic) bond motifs is 1. The molecule has 2 rings (SSSR count). The summed E-state index contributed by atoms with van der Waals surface area (Å²) in [5.74, 6) is 0. The summed E-state index contributed by atoms with van der Waals surface area (Å²) in [6, 6.07) is 6.30. The maximum absolute atomic E-state index is 12.2. The van der Waals surface area contributed by atoms with Crippen molar-refractivity contribution in [1.29, 1.82) is 0 Å². The van der Waals surface area contributed by atoms with Gasteiger partial charge >= 0.3 is 6.18 Å². The second-order valence-corrected chi connectivity index (χ2v) is 2.69. The monoisotopic (exact) mass is 184 g/mol. The number of benzene rings is 1. The molecule has 0 bridgehead atoms. The van der Waals surface area contributed by atoms with E-state index in [1.54, 1.807) is 0 Å². The Hall–Kier alpha value is -1.45. The standard InChI is InChI=1S/C9H5F3N/c10-9(11,12)7-2-1-6-3-4-13-8(6)5-7/h1-2,4-5,13H. The van der Waals surface area contributed by atoms with Gasteiger partial charge in [0.25, 0.3) is 0 Å². The smallest absolute Gasteiger partial charge is 0.361 e. The van der Waals surface area contributed by atoms with Gasteiger partial charge in [-0.1, -0.05) is 6.07 Å². The molecule has 0 fully saturated rings. The normalized spacial score (nSPS) is 12.2. The minimum atomic E-state index is -4.28. The molecule has 1 aromatic heterocycles. The fraction of sp³-hybridized carbons (Fsp3) is 0.111. The van der Waals surface area contributed by atoms with Crippen molar-refractivity contribution < 1.29 is 13.2 Å². The van der Waals surface area contributed by atoms with Gasteiger partial charge in [0.05, 0.1) is 5.56 Å². The van der Waals surface area contributed by atoms with Crippen LogP contribution < -0.4 is 0 Å². The number of aromatic nitrogens is 1. The Morgan fingerprint density at radius 3 is 2.69 bits per heavy atom. The molecule has 1 heterocycles. The van der Waals surface area contributed by atoms with Gasteiger partial charge in [-0.3, -0.25) is 0 Å². The van der Waals surface area contributed by atoms with Crippen LogP contribution in [0.4, 0.5) is 13.2 Å². The summed E-state index contributed by atoms with van der Waals surface area (Å²) in [6.45, 7) is 0. The lowest BCUT2D eigenvalue weighted by atomic mass is 10.1. The van der Waals surface area contributed by atoms with E-state index >= 15 is 0 Å². The third-order valence-electron chi connectivity index (χ3n) is 1.80. The lowest BCUT2D eigenvalue weighted by Gasteiger charge is -2.05. The van der Waals surface area contributed by atoms with Gasteiger partial charge in [0.15, 0.2) is 0 Å². The summed E-state index contributed by atoms with van der Waals surface area (Å²) in [4.78, 5) is 2.68. The van der Waals surface area contributed by atoms with Gasteiger partial charge in [-0.05, 0) is 12.1 Å². The molecule has 13 heavy (non-hydrogen) atoms. The zero-order chi connectivity index (χ0) is 9.47. The van der Waals surface area contributed by atoms with E-state index in [1.807, 2.05) is 0 Å². The van der Waals surface area contributed by atoms with Crippen molar-refractivity contribution >= 4 is 10.9 Å². The van der Waals surface area contributed by atoms with Gasteiger partial charge in [-0.2, -0.15) is 13.2 Å². The maximum atomic E-state index is 12.2. The van der Waals surface area contributed by atoms with Gasteiger partial charge in [0.1, 0.15) is 0 Å². The van der Waals surface area contributed by atoms with Crippen molar-refractivity contribution in [1.82, 2.24) is 4.98 Å². The topological polar surface area (TPSA) is 15.8 Å². The van der Waals surface area contributed by atoms with E-state index in [0.717, 1.165) is 12.1 Å². The number of aromatic amines is 1. The van der Waals surface area contributed by atoms with E-state index in [-0.39, 0.29) is 0 Å². The lowest BCUT2D eigenvalue weighted by molar-refractivity contribution is -0.137. The van der Waals surface area contributed by atoms with Crippen molar-refractivity contribution in [2.75, 3.05) is 0 Å². The molecular formula is C9H5F3N. The highest BCUT2D eigenvalue weighted by atomic mass is 19.4. The van der Waals surface area contributed by atoms with Gasteiger partial charge in [0, 0.05) is 23.2 Å². The van der Waals surface area contributed by atoms with Crippen molar-refractivity contribution in [2.45, 2.75) is 6.18 Å². The van der Waals surface area contributed by atoms with Crippen LogP contribution in [-0.4, -0.2) is 4.98 Å². The van der Waals surface area contributed by atoms with Crippen molar-refractivity contribution in [2.24, 2.45) is 0 Å². The van der Waals surface area contributed by atoms with Crippen LogP contribution in [0.3, 0.4) is 0 Å². The molecule has 2 aromatic rings. The van der Waals surface area contributed by atoms with Crippen molar-refractivity contribution in [3.05, 3.63) is 36.0 Å². The van der Waals surface area contributed by atoms with Gasteiger partial charge < -0.3 is 4.98 Å². The molecule has 67 valence electrons. The summed E-state index contributed by atoms with van der Waals surface area (Å²) >= 11 is 0. The molecular weight excluding hydrogens is 179 g/mol. The van der Waals surface area contributed by atoms with Crippen LogP contribution in [0.25, 0.3) is 10.9 Å². The third kappa shape index (κ3) is 1.39. The zero-order valence-corrected chi connectivity index (χ0v) is 6.44. The van der Waals surface area contributed by atoms with Crippen LogP contribution in [0.15, 0.2) is 24.4 Å². The van der Waals surface area contributed by atoms with Gasteiger partial charge in [-0.25, -0.2) is 0 Å². The molecule has 0 amide bonds. The molecule has 0 aliphatic carbocycles. The lowest BCUT2D eigenvalue weighted by Crippen LogP contribution is -2.03. The summed E-state index contributed by atoms with van der Waals surface area (Å²) < 4.78 is 36.6. The SMILES string of the molecule is FC(F)(F)c1ccc2[c]c[nH]c2c1. The second-order valence-electron chi connectivity index (χ2n) is 2.69. The number of nitrogens with one attached hydrogen (secondary N) is 1. The Kier molecular flexibility index (Phi) is 1.58. The first-order valence-electron chi connectivity index (χ1n) is 3.63. The molecule has 1 nitrogen and oxygen atoms in total. The number of halogens is 3. The molecule has 0 aliphatic heterocycles. The molecule has 0 unspecified atom stereocenters. The quantitative estimate of drug-likeness (QED) is 0.647. The van der Waals surface area contributed by atoms with E-state index in [0.29, 0.717) is 10.9 Å². The number of hydrogen-bond donors (Lipinski definition) is 1. The highest BCUT2D eigenvalue weighted by Gasteiger charge is 2.30. The predicted molar refractivity (Wildman–Crippen MR) is 42.1 cm³/mol. The first-order chi connectivity index (χ1) is 6.07. The molecule has 0 atom stereocenters. The van der Waals surface area contributed by atoms with Gasteiger partial charge in [-0.15, -0.1) is 0 Å². The molecule has 0 saturated carbocycles. The minimum absolute atomic E-state index is 0.454. The largest absolute Gasteiger partial charge is 0.416 e. The zero-order valence-electron chi connectivity index (χ0n) is 6.44. The van der Waals surface area contributed by atoms with E-state index < -0.39 is 11.7 Å². The Balaban J connectivity index is 2.61. The van der Waals surface area contributed by atoms with Crippen LogP contribution in [0, 0.1) is 6.07 Å². The van der Waals surface area contributed by atoms with Crippen LogP contribution in [0.5, 0.6) is 0 Å². The Labute approximate surface area is 72.2 Å². The first kappa shape index (κ1) is 8.16. The summed E-state index contributed by atoms with van der Waals surface area (Å²) in [5, 5.41) is 0.660. The average Bonchev–Trinajstić information content (AvgIpc) is 2.47. The summed E-state index contributed by atoms with van der Waals surface area (Å²) in [6.07, 6.45) is -2.79. The van der Waals surface area contributed by atoms with Crippen LogP contribution in [0.2, 0.25) is 0 Å². The molecule has 4 heteroatoms. The van der Waals surface area contributed by atoms with E-state index in [1.165, 1.54) is 12.3 Å². The van der Waals surface area contributed by atoms with Crippen molar-refractivity contribution in [3.63, 3.8) is 0 Å². The average molecular weight is 184 g/mol. The Morgan fingerprint density at radius 1 is 1.23 bits per heavy atom. The third-order valence-corrected chi connectivity index (χ3v) is 1.80. The predicted octanol–water partition coefficient (Wildman–Crippen LogP) is 2.99. The van der Waals surface area contributed by atoms with E-state index in [2.05, 4.69) is 11.1 Å². The number of H-pyrrole nitrogens is 1. The molecule has 0 saturated heterocycles. The van der Waals surface area contributed by atoms with E-state index in [9.17, 15) is 13.2 Å². The van der Waals surface area contributed by atoms with Crippen LogP contribution in [-0.2, 0) is 6.18 Å². The second kappa shape index (κ2) is 2.52. The number of hydrogen-bond acceptors (Lipinski definition) is 0. The summed E-state index contributed by atoms with van der Waals surface area (Å²) in [5.41, 5.74) is -0.189. The maximum Gasteiger partial charge on any atom is 0.416 e. The first-order valence-corrected chi connectivity index (χ1v) is 3.63. The highest BCUT2D eigenvalue weighted by Crippen LogP contribution is 2.30. The van der Waals surface area contributed by atoms with Crippen LogP contribution >= 0.6 is 0 Å². The molecule has 1 aromatic carbocycles. The highest BCUT2D eigenvalue weighted by molar-refractivity contribution is 5.79. The molecule has 0 spiro atoms. The Bertz CT molecular complexity index is 428. The fourth-order valence-electron chi connectivity index (χ4n) is 1.16. The van der Waals surface area contributed by atoms with Crippen molar-refractivity contribution in [3.8, 4) is 0 Å². The van der Waals surface area contributed by atoms with E-state index in [4.69, 9.17) is 0 Å². The number of alkyl halides is 3. The molecule has 0 aliphatic rings.